The molecular formula is C10H14BrNO2. The third-order valence-electron chi connectivity index (χ3n) is 1.68. The SMILES string of the molecule is CC(C)OCC(O)c1ccc(Br)cn1. The van der Waals surface area contributed by atoms with E-state index in [9.17, 15) is 5.11 Å². The number of aromatic nitrogens is 1. The molecule has 0 aliphatic heterocycles. The molecule has 1 rings (SSSR count). The maximum Gasteiger partial charge on any atom is 0.119 e. The summed E-state index contributed by atoms with van der Waals surface area (Å²) in [5.74, 6) is 0. The Morgan fingerprint density at radius 1 is 1.50 bits per heavy atom. The topological polar surface area (TPSA) is 42.4 Å². The predicted octanol–water partition coefficient (Wildman–Crippen LogP) is 2.30. The molecule has 0 aliphatic rings. The van der Waals surface area contributed by atoms with Gasteiger partial charge in [0.1, 0.15) is 6.10 Å². The van der Waals surface area contributed by atoms with Crippen LogP contribution in [0, 0.1) is 0 Å². The first-order valence-corrected chi connectivity index (χ1v) is 5.30. The highest BCUT2D eigenvalue weighted by molar-refractivity contribution is 9.10. The van der Waals surface area contributed by atoms with Crippen molar-refractivity contribution in [1.29, 1.82) is 0 Å². The average Bonchev–Trinajstić information content (AvgIpc) is 2.15. The zero-order chi connectivity index (χ0) is 10.6. The van der Waals surface area contributed by atoms with Gasteiger partial charge in [0.2, 0.25) is 0 Å². The number of aliphatic hydroxyl groups excluding tert-OH is 1. The van der Waals surface area contributed by atoms with Gasteiger partial charge in [0.25, 0.3) is 0 Å². The van der Waals surface area contributed by atoms with E-state index in [1.54, 1.807) is 12.3 Å². The summed E-state index contributed by atoms with van der Waals surface area (Å²) in [5.41, 5.74) is 0.633. The number of hydrogen-bond donors (Lipinski definition) is 1. The van der Waals surface area contributed by atoms with Crippen molar-refractivity contribution < 1.29 is 9.84 Å². The largest absolute Gasteiger partial charge is 0.384 e. The fourth-order valence-electron chi connectivity index (χ4n) is 0.953. The van der Waals surface area contributed by atoms with Crippen LogP contribution in [0.5, 0.6) is 0 Å². The Bertz CT molecular complexity index is 274. The standard InChI is InChI=1S/C10H14BrNO2/c1-7(2)14-6-10(13)9-4-3-8(11)5-12-9/h3-5,7,10,13H,6H2,1-2H3. The predicted molar refractivity (Wildman–Crippen MR) is 58.0 cm³/mol. The number of aliphatic hydroxyl groups is 1. The molecule has 3 nitrogen and oxygen atoms in total. The number of ether oxygens (including phenoxy) is 1. The third kappa shape index (κ3) is 3.74. The molecule has 1 aromatic heterocycles. The van der Waals surface area contributed by atoms with Gasteiger partial charge in [-0.15, -0.1) is 0 Å². The Morgan fingerprint density at radius 3 is 2.71 bits per heavy atom. The van der Waals surface area contributed by atoms with Crippen molar-refractivity contribution in [2.24, 2.45) is 0 Å². The Balaban J connectivity index is 2.52. The first-order valence-electron chi connectivity index (χ1n) is 4.50. The molecule has 4 heteroatoms. The van der Waals surface area contributed by atoms with Crippen LogP contribution in [0.3, 0.4) is 0 Å². The first kappa shape index (κ1) is 11.6. The zero-order valence-electron chi connectivity index (χ0n) is 8.27. The van der Waals surface area contributed by atoms with E-state index in [0.29, 0.717) is 5.69 Å². The lowest BCUT2D eigenvalue weighted by molar-refractivity contribution is 0.00326. The molecule has 0 saturated heterocycles. The van der Waals surface area contributed by atoms with Crippen LogP contribution in [0.4, 0.5) is 0 Å². The summed E-state index contributed by atoms with van der Waals surface area (Å²) in [5, 5.41) is 9.66. The lowest BCUT2D eigenvalue weighted by Crippen LogP contribution is -2.12. The van der Waals surface area contributed by atoms with Crippen LogP contribution in [0.25, 0.3) is 0 Å². The number of rotatable bonds is 4. The normalized spacial score (nSPS) is 13.2. The molecule has 0 fully saturated rings. The zero-order valence-corrected chi connectivity index (χ0v) is 9.86. The van der Waals surface area contributed by atoms with Gasteiger partial charge >= 0.3 is 0 Å². The molecule has 1 aromatic rings. The van der Waals surface area contributed by atoms with Crippen LogP contribution in [0.1, 0.15) is 25.6 Å². The molecule has 14 heavy (non-hydrogen) atoms. The molecule has 1 atom stereocenters. The highest BCUT2D eigenvalue weighted by Crippen LogP contribution is 2.14. The first-order chi connectivity index (χ1) is 6.59. The highest BCUT2D eigenvalue weighted by atomic mass is 79.9. The number of nitrogens with zero attached hydrogens (tertiary/aromatic N) is 1. The van der Waals surface area contributed by atoms with Crippen LogP contribution in [0.2, 0.25) is 0 Å². The van der Waals surface area contributed by atoms with Crippen LogP contribution in [-0.4, -0.2) is 22.8 Å². The van der Waals surface area contributed by atoms with Gasteiger partial charge in [-0.05, 0) is 41.9 Å². The Hall–Kier alpha value is -0.450. The van der Waals surface area contributed by atoms with Gasteiger partial charge in [0.05, 0.1) is 18.4 Å². The average molecular weight is 260 g/mol. The summed E-state index contributed by atoms with van der Waals surface area (Å²) in [7, 11) is 0. The second kappa shape index (κ2) is 5.44. The summed E-state index contributed by atoms with van der Waals surface area (Å²) in [6.45, 7) is 4.15. The highest BCUT2D eigenvalue weighted by Gasteiger charge is 2.09. The minimum absolute atomic E-state index is 0.125. The molecule has 0 amide bonds. The van der Waals surface area contributed by atoms with Gasteiger partial charge in [0, 0.05) is 10.7 Å². The summed E-state index contributed by atoms with van der Waals surface area (Å²) in [6, 6.07) is 3.62. The molecule has 0 saturated carbocycles. The Morgan fingerprint density at radius 2 is 2.21 bits per heavy atom. The van der Waals surface area contributed by atoms with Crippen LogP contribution >= 0.6 is 15.9 Å². The molecule has 0 bridgehead atoms. The molecule has 0 aliphatic carbocycles. The quantitative estimate of drug-likeness (QED) is 0.903. The molecule has 0 radical (unpaired) electrons. The van der Waals surface area contributed by atoms with Crippen molar-refractivity contribution in [2.45, 2.75) is 26.1 Å². The van der Waals surface area contributed by atoms with E-state index < -0.39 is 6.10 Å². The minimum atomic E-state index is -0.648. The maximum atomic E-state index is 9.66. The number of hydrogen-bond acceptors (Lipinski definition) is 3. The van der Waals surface area contributed by atoms with Gasteiger partial charge in [0.15, 0.2) is 0 Å². The smallest absolute Gasteiger partial charge is 0.119 e. The number of halogens is 1. The molecule has 0 spiro atoms. The van der Waals surface area contributed by atoms with Gasteiger partial charge in [-0.2, -0.15) is 0 Å². The van der Waals surface area contributed by atoms with E-state index in [1.807, 2.05) is 19.9 Å². The van der Waals surface area contributed by atoms with Crippen LogP contribution < -0.4 is 0 Å². The second-order valence-electron chi connectivity index (χ2n) is 3.30. The molecular weight excluding hydrogens is 246 g/mol. The molecule has 1 unspecified atom stereocenters. The lowest BCUT2D eigenvalue weighted by atomic mass is 10.2. The summed E-state index contributed by atoms with van der Waals surface area (Å²) >= 11 is 3.28. The maximum absolute atomic E-state index is 9.66. The van der Waals surface area contributed by atoms with Gasteiger partial charge in [-0.1, -0.05) is 0 Å². The van der Waals surface area contributed by atoms with Crippen LogP contribution in [0.15, 0.2) is 22.8 Å². The number of pyridine rings is 1. The van der Waals surface area contributed by atoms with Crippen molar-refractivity contribution in [2.75, 3.05) is 6.61 Å². The summed E-state index contributed by atoms with van der Waals surface area (Å²) < 4.78 is 6.19. The van der Waals surface area contributed by atoms with Crippen molar-refractivity contribution in [1.82, 2.24) is 4.98 Å². The third-order valence-corrected chi connectivity index (χ3v) is 2.15. The Kier molecular flexibility index (Phi) is 4.51. The van der Waals surface area contributed by atoms with E-state index in [0.717, 1.165) is 4.47 Å². The van der Waals surface area contributed by atoms with Crippen molar-refractivity contribution >= 4 is 15.9 Å². The van der Waals surface area contributed by atoms with Crippen molar-refractivity contribution in [3.8, 4) is 0 Å². The Labute approximate surface area is 92.3 Å². The molecule has 1 heterocycles. The van der Waals surface area contributed by atoms with E-state index in [4.69, 9.17) is 4.74 Å². The van der Waals surface area contributed by atoms with Gasteiger partial charge < -0.3 is 9.84 Å². The van der Waals surface area contributed by atoms with Gasteiger partial charge in [-0.25, -0.2) is 0 Å². The van der Waals surface area contributed by atoms with E-state index in [1.165, 1.54) is 0 Å². The fraction of sp³-hybridized carbons (Fsp3) is 0.500. The molecule has 78 valence electrons. The van der Waals surface area contributed by atoms with E-state index in [-0.39, 0.29) is 12.7 Å². The van der Waals surface area contributed by atoms with E-state index in [2.05, 4.69) is 20.9 Å². The van der Waals surface area contributed by atoms with E-state index >= 15 is 0 Å². The van der Waals surface area contributed by atoms with Crippen molar-refractivity contribution in [3.63, 3.8) is 0 Å². The van der Waals surface area contributed by atoms with Crippen LogP contribution in [-0.2, 0) is 4.74 Å². The summed E-state index contributed by atoms with van der Waals surface area (Å²) in [6.07, 6.45) is 1.14. The summed E-state index contributed by atoms with van der Waals surface area (Å²) in [4.78, 5) is 4.08. The second-order valence-corrected chi connectivity index (χ2v) is 4.21. The molecule has 1 N–H and O–H groups in total. The van der Waals surface area contributed by atoms with Gasteiger partial charge in [-0.3, -0.25) is 4.98 Å². The lowest BCUT2D eigenvalue weighted by Gasteiger charge is -2.12. The molecule has 0 aromatic carbocycles. The minimum Gasteiger partial charge on any atom is -0.384 e. The van der Waals surface area contributed by atoms with Crippen molar-refractivity contribution in [3.05, 3.63) is 28.5 Å². The fourth-order valence-corrected chi connectivity index (χ4v) is 1.19. The monoisotopic (exact) mass is 259 g/mol.